The van der Waals surface area contributed by atoms with Crippen molar-refractivity contribution in [2.24, 2.45) is 0 Å². The van der Waals surface area contributed by atoms with Crippen LogP contribution in [0.4, 0.5) is 0 Å². The molecule has 0 fully saturated rings. The maximum Gasteiger partial charge on any atom is 0.119 e. The van der Waals surface area contributed by atoms with E-state index < -0.39 is 0 Å². The Bertz CT molecular complexity index is 1200. The third-order valence-corrected chi connectivity index (χ3v) is 6.57. The molecule has 0 N–H and O–H groups in total. The Morgan fingerprint density at radius 2 is 0.892 bits per heavy atom. The van der Waals surface area contributed by atoms with Gasteiger partial charge in [-0.1, -0.05) is 103 Å². The summed E-state index contributed by atoms with van der Waals surface area (Å²) < 4.78 is 7.14. The van der Waals surface area contributed by atoms with Crippen molar-refractivity contribution < 1.29 is 9.22 Å². The van der Waals surface area contributed by atoms with Crippen LogP contribution >= 0.6 is 0 Å². The zero-order valence-corrected chi connectivity index (χ0v) is 22.6. The molecule has 0 saturated heterocycles. The largest absolute Gasteiger partial charge is 0.494 e. The van der Waals surface area contributed by atoms with Crippen LogP contribution in [0.3, 0.4) is 0 Å². The summed E-state index contributed by atoms with van der Waals surface area (Å²) in [5, 5.41) is 0. The lowest BCUT2D eigenvalue weighted by atomic mass is 9.86. The van der Waals surface area contributed by atoms with E-state index in [1.54, 1.807) is 0 Å². The van der Waals surface area contributed by atoms with Crippen molar-refractivity contribution in [1.29, 1.82) is 0 Å². The highest BCUT2D eigenvalue weighted by atomic mass is 16.5. The zero-order valence-electron chi connectivity index (χ0n) is 22.6. The van der Waals surface area contributed by atoms with E-state index in [0.29, 0.717) is 0 Å². The lowest BCUT2D eigenvalue weighted by Gasteiger charge is -2.23. The van der Waals surface area contributed by atoms with Crippen LogP contribution in [0.2, 0.25) is 0 Å². The third-order valence-electron chi connectivity index (χ3n) is 6.57. The first-order chi connectivity index (χ1) is 18.0. The van der Waals surface area contributed by atoms with Gasteiger partial charge in [-0.05, 0) is 71.2 Å². The topological polar surface area (TPSA) is 9.23 Å². The van der Waals surface area contributed by atoms with E-state index in [4.69, 9.17) is 4.74 Å². The van der Waals surface area contributed by atoms with Crippen LogP contribution in [0.1, 0.15) is 47.9 Å². The second-order valence-corrected chi connectivity index (χ2v) is 10.6. The molecule has 0 aromatic heterocycles. The van der Waals surface area contributed by atoms with Crippen molar-refractivity contribution in [1.82, 2.24) is 0 Å². The Balaban J connectivity index is 1.57. The molecule has 0 aliphatic heterocycles. The standard InChI is InChI=1S/C35H40NO/c1-36(2,3)27-15-4-5-16-28-37-33-25-23-32(24-26-33)35(31-21-13-8-14-22-31)34(29-17-9-6-10-18-29)30-19-11-7-12-20-30/h6-14,17-26H,4-5,15-16,27-28H2,1-3H3/q+1. The number of unbranched alkanes of at least 4 members (excludes halogenated alkanes) is 3. The molecular weight excluding hydrogens is 450 g/mol. The maximum atomic E-state index is 6.10. The molecule has 0 radical (unpaired) electrons. The maximum absolute atomic E-state index is 6.10. The predicted molar refractivity (Wildman–Crippen MR) is 158 cm³/mol. The second-order valence-electron chi connectivity index (χ2n) is 10.6. The van der Waals surface area contributed by atoms with Gasteiger partial charge in [-0.25, -0.2) is 0 Å². The van der Waals surface area contributed by atoms with Gasteiger partial charge in [0.15, 0.2) is 0 Å². The molecule has 2 nitrogen and oxygen atoms in total. The highest BCUT2D eigenvalue weighted by molar-refractivity contribution is 6.04. The van der Waals surface area contributed by atoms with Gasteiger partial charge in [-0.3, -0.25) is 0 Å². The number of ether oxygens (including phenoxy) is 1. The van der Waals surface area contributed by atoms with E-state index in [1.807, 2.05) is 0 Å². The molecule has 0 unspecified atom stereocenters. The molecule has 0 heterocycles. The molecule has 37 heavy (non-hydrogen) atoms. The molecule has 4 aromatic rings. The molecule has 4 rings (SSSR count). The van der Waals surface area contributed by atoms with Crippen LogP contribution in [0.15, 0.2) is 115 Å². The first-order valence-corrected chi connectivity index (χ1v) is 13.5. The first-order valence-electron chi connectivity index (χ1n) is 13.5. The summed E-state index contributed by atoms with van der Waals surface area (Å²) >= 11 is 0. The number of hydrogen-bond donors (Lipinski definition) is 0. The fourth-order valence-electron chi connectivity index (χ4n) is 4.67. The average molecular weight is 491 g/mol. The van der Waals surface area contributed by atoms with E-state index in [-0.39, 0.29) is 0 Å². The molecular formula is C35H40NO+. The van der Waals surface area contributed by atoms with E-state index in [2.05, 4.69) is 136 Å². The Hall–Kier alpha value is -3.62. The van der Waals surface area contributed by atoms with Gasteiger partial charge >= 0.3 is 0 Å². The van der Waals surface area contributed by atoms with Gasteiger partial charge in [-0.15, -0.1) is 0 Å². The van der Waals surface area contributed by atoms with Crippen LogP contribution in [-0.2, 0) is 0 Å². The Kier molecular flexibility index (Phi) is 9.35. The number of quaternary nitrogens is 1. The Morgan fingerprint density at radius 1 is 0.486 bits per heavy atom. The number of benzene rings is 4. The summed E-state index contributed by atoms with van der Waals surface area (Å²) in [6, 6.07) is 40.7. The van der Waals surface area contributed by atoms with Gasteiger partial charge in [0.05, 0.1) is 34.3 Å². The second kappa shape index (κ2) is 13.1. The fourth-order valence-corrected chi connectivity index (χ4v) is 4.67. The number of nitrogens with zero attached hydrogens (tertiary/aromatic N) is 1. The van der Waals surface area contributed by atoms with Crippen molar-refractivity contribution in [2.45, 2.75) is 25.7 Å². The number of hydrogen-bond acceptors (Lipinski definition) is 1. The molecule has 0 spiro atoms. The summed E-state index contributed by atoms with van der Waals surface area (Å²) in [5.41, 5.74) is 7.25. The summed E-state index contributed by atoms with van der Waals surface area (Å²) in [5.74, 6) is 0.934. The van der Waals surface area contributed by atoms with Crippen molar-refractivity contribution in [3.05, 3.63) is 138 Å². The summed E-state index contributed by atoms with van der Waals surface area (Å²) in [7, 11) is 6.77. The normalized spacial score (nSPS) is 11.2. The monoisotopic (exact) mass is 490 g/mol. The minimum Gasteiger partial charge on any atom is -0.494 e. The van der Waals surface area contributed by atoms with Crippen molar-refractivity contribution >= 4 is 11.1 Å². The highest BCUT2D eigenvalue weighted by Crippen LogP contribution is 2.37. The number of rotatable bonds is 12. The smallest absolute Gasteiger partial charge is 0.119 e. The van der Waals surface area contributed by atoms with Crippen molar-refractivity contribution in [3.8, 4) is 5.75 Å². The zero-order chi connectivity index (χ0) is 25.9. The van der Waals surface area contributed by atoms with E-state index in [1.165, 1.54) is 59.2 Å². The van der Waals surface area contributed by atoms with Gasteiger partial charge in [0.1, 0.15) is 5.75 Å². The SMILES string of the molecule is C[N+](C)(C)CCCCCCOc1ccc(C(=C(c2ccccc2)c2ccccc2)c2ccccc2)cc1. The van der Waals surface area contributed by atoms with Crippen LogP contribution in [0.25, 0.3) is 11.1 Å². The molecule has 190 valence electrons. The van der Waals surface area contributed by atoms with Gasteiger partial charge in [0.25, 0.3) is 0 Å². The highest BCUT2D eigenvalue weighted by Gasteiger charge is 2.16. The molecule has 4 aromatic carbocycles. The van der Waals surface area contributed by atoms with Crippen LogP contribution in [0.5, 0.6) is 5.75 Å². The van der Waals surface area contributed by atoms with Crippen LogP contribution < -0.4 is 4.74 Å². The third kappa shape index (κ3) is 7.93. The van der Waals surface area contributed by atoms with Crippen LogP contribution in [0, 0.1) is 0 Å². The summed E-state index contributed by atoms with van der Waals surface area (Å²) in [6.07, 6.45) is 4.86. The van der Waals surface area contributed by atoms with Crippen molar-refractivity contribution in [2.75, 3.05) is 34.3 Å². The minimum atomic E-state index is 0.768. The van der Waals surface area contributed by atoms with Gasteiger partial charge in [0.2, 0.25) is 0 Å². The van der Waals surface area contributed by atoms with Crippen LogP contribution in [-0.4, -0.2) is 38.8 Å². The average Bonchev–Trinajstić information content (AvgIpc) is 2.92. The van der Waals surface area contributed by atoms with E-state index in [0.717, 1.165) is 23.3 Å². The van der Waals surface area contributed by atoms with Gasteiger partial charge in [0, 0.05) is 0 Å². The summed E-state index contributed by atoms with van der Waals surface area (Å²) in [4.78, 5) is 0. The lowest BCUT2D eigenvalue weighted by molar-refractivity contribution is -0.870. The summed E-state index contributed by atoms with van der Waals surface area (Å²) in [6.45, 7) is 2.00. The lowest BCUT2D eigenvalue weighted by Crippen LogP contribution is -2.35. The van der Waals surface area contributed by atoms with E-state index >= 15 is 0 Å². The first kappa shape index (κ1) is 26.4. The Labute approximate surface area is 223 Å². The van der Waals surface area contributed by atoms with Gasteiger partial charge < -0.3 is 9.22 Å². The molecule has 0 aliphatic carbocycles. The molecule has 2 heteroatoms. The molecule has 0 atom stereocenters. The fraction of sp³-hybridized carbons (Fsp3) is 0.257. The van der Waals surface area contributed by atoms with Gasteiger partial charge in [-0.2, -0.15) is 0 Å². The molecule has 0 amide bonds. The Morgan fingerprint density at radius 3 is 1.32 bits per heavy atom. The minimum absolute atomic E-state index is 0.768. The van der Waals surface area contributed by atoms with E-state index in [9.17, 15) is 0 Å². The molecule has 0 saturated carbocycles. The molecule has 0 aliphatic rings. The predicted octanol–water partition coefficient (Wildman–Crippen LogP) is 8.34. The molecule has 0 bridgehead atoms. The van der Waals surface area contributed by atoms with Crippen molar-refractivity contribution in [3.63, 3.8) is 0 Å². The quantitative estimate of drug-likeness (QED) is 0.110.